The van der Waals surface area contributed by atoms with Crippen LogP contribution in [0.4, 0.5) is 0 Å². The van der Waals surface area contributed by atoms with E-state index in [9.17, 15) is 0 Å². The maximum atomic E-state index is 3.74. The summed E-state index contributed by atoms with van der Waals surface area (Å²) >= 11 is 0. The van der Waals surface area contributed by atoms with Crippen LogP contribution in [0.1, 0.15) is 80.1 Å². The van der Waals surface area contributed by atoms with E-state index in [1.54, 1.807) is 0 Å². The van der Waals surface area contributed by atoms with Gasteiger partial charge in [0.05, 0.1) is 0 Å². The van der Waals surface area contributed by atoms with Gasteiger partial charge in [0.25, 0.3) is 0 Å². The Morgan fingerprint density at radius 1 is 1.00 bits per heavy atom. The lowest BCUT2D eigenvalue weighted by atomic mass is 9.84. The highest BCUT2D eigenvalue weighted by atomic mass is 15.2. The van der Waals surface area contributed by atoms with Gasteiger partial charge in [0.1, 0.15) is 0 Å². The van der Waals surface area contributed by atoms with E-state index in [2.05, 4.69) is 51.8 Å². The Bertz CT molecular complexity index is 263. The van der Waals surface area contributed by atoms with Crippen molar-refractivity contribution in [1.29, 1.82) is 0 Å². The summed E-state index contributed by atoms with van der Waals surface area (Å²) < 4.78 is 0. The van der Waals surface area contributed by atoms with E-state index in [-0.39, 0.29) is 0 Å². The summed E-state index contributed by atoms with van der Waals surface area (Å²) in [4.78, 5) is 2.82. The number of rotatable bonds is 10. The second-order valence-electron chi connectivity index (χ2n) is 8.04. The van der Waals surface area contributed by atoms with Crippen LogP contribution in [0.5, 0.6) is 0 Å². The first-order valence-electron chi connectivity index (χ1n) is 9.40. The van der Waals surface area contributed by atoms with Gasteiger partial charge in [0, 0.05) is 31.7 Å². The molecule has 0 aromatic rings. The number of hydrogen-bond donors (Lipinski definition) is 1. The highest BCUT2D eigenvalue weighted by molar-refractivity contribution is 4.91. The van der Waals surface area contributed by atoms with Crippen molar-refractivity contribution in [3.05, 3.63) is 0 Å². The van der Waals surface area contributed by atoms with E-state index in [0.717, 1.165) is 12.0 Å². The van der Waals surface area contributed by atoms with Gasteiger partial charge >= 0.3 is 0 Å². The van der Waals surface area contributed by atoms with Gasteiger partial charge in [-0.3, -0.25) is 4.90 Å². The molecule has 1 aliphatic carbocycles. The molecule has 0 bridgehead atoms. The SMILES string of the molecule is CCC(CC)N(CC(C)C)CC1(CNC(C)C)CCCC1. The van der Waals surface area contributed by atoms with Crippen LogP contribution in [0, 0.1) is 11.3 Å². The minimum absolute atomic E-state index is 0.530. The minimum Gasteiger partial charge on any atom is -0.314 e. The molecule has 0 aliphatic heterocycles. The van der Waals surface area contributed by atoms with Crippen molar-refractivity contribution in [1.82, 2.24) is 10.2 Å². The van der Waals surface area contributed by atoms with Crippen LogP contribution in [-0.2, 0) is 0 Å². The Morgan fingerprint density at radius 2 is 1.57 bits per heavy atom. The topological polar surface area (TPSA) is 15.3 Å². The average molecular weight is 297 g/mol. The molecule has 2 heteroatoms. The lowest BCUT2D eigenvalue weighted by Crippen LogP contribution is -2.48. The monoisotopic (exact) mass is 296 g/mol. The standard InChI is InChI=1S/C19H40N2/c1-7-18(8-2)21(13-16(3)4)15-19(11-9-10-12-19)14-20-17(5)6/h16-18,20H,7-15H2,1-6H3. The molecule has 0 saturated heterocycles. The smallest absolute Gasteiger partial charge is 0.00903 e. The molecule has 0 unspecified atom stereocenters. The quantitative estimate of drug-likeness (QED) is 0.629. The summed E-state index contributed by atoms with van der Waals surface area (Å²) in [5.74, 6) is 0.766. The number of nitrogens with one attached hydrogen (secondary N) is 1. The fourth-order valence-electron chi connectivity index (χ4n) is 3.98. The summed E-state index contributed by atoms with van der Waals surface area (Å²) in [5, 5.41) is 3.74. The molecule has 0 spiro atoms. The van der Waals surface area contributed by atoms with Crippen LogP contribution in [0.3, 0.4) is 0 Å². The first-order chi connectivity index (χ1) is 9.92. The van der Waals surface area contributed by atoms with E-state index < -0.39 is 0 Å². The number of hydrogen-bond acceptors (Lipinski definition) is 2. The largest absolute Gasteiger partial charge is 0.314 e. The zero-order valence-corrected chi connectivity index (χ0v) is 15.5. The predicted molar refractivity (Wildman–Crippen MR) is 94.8 cm³/mol. The van der Waals surface area contributed by atoms with E-state index >= 15 is 0 Å². The Labute approximate surface area is 134 Å². The van der Waals surface area contributed by atoms with Crippen molar-refractivity contribution in [2.45, 2.75) is 92.2 Å². The third-order valence-electron chi connectivity index (χ3n) is 5.15. The highest BCUT2D eigenvalue weighted by Crippen LogP contribution is 2.39. The zero-order chi connectivity index (χ0) is 15.9. The molecule has 126 valence electrons. The lowest BCUT2D eigenvalue weighted by molar-refractivity contribution is 0.0903. The molecule has 2 nitrogen and oxygen atoms in total. The molecule has 0 atom stereocenters. The molecular weight excluding hydrogens is 256 g/mol. The van der Waals surface area contributed by atoms with Gasteiger partial charge in [-0.25, -0.2) is 0 Å². The van der Waals surface area contributed by atoms with Gasteiger partial charge in [0.15, 0.2) is 0 Å². The third kappa shape index (κ3) is 6.28. The van der Waals surface area contributed by atoms with Gasteiger partial charge in [0.2, 0.25) is 0 Å². The fourth-order valence-corrected chi connectivity index (χ4v) is 3.98. The van der Waals surface area contributed by atoms with Gasteiger partial charge in [-0.15, -0.1) is 0 Å². The zero-order valence-electron chi connectivity index (χ0n) is 15.5. The molecule has 1 saturated carbocycles. The predicted octanol–water partition coefficient (Wildman–Crippen LogP) is 4.69. The third-order valence-corrected chi connectivity index (χ3v) is 5.15. The van der Waals surface area contributed by atoms with Crippen molar-refractivity contribution in [2.75, 3.05) is 19.6 Å². The molecule has 0 aromatic carbocycles. The van der Waals surface area contributed by atoms with Crippen LogP contribution < -0.4 is 5.32 Å². The van der Waals surface area contributed by atoms with Crippen molar-refractivity contribution < 1.29 is 0 Å². The van der Waals surface area contributed by atoms with Crippen molar-refractivity contribution >= 4 is 0 Å². The molecular formula is C19H40N2. The first-order valence-corrected chi connectivity index (χ1v) is 9.40. The molecule has 1 N–H and O–H groups in total. The van der Waals surface area contributed by atoms with Gasteiger partial charge in [-0.2, -0.15) is 0 Å². The van der Waals surface area contributed by atoms with Gasteiger partial charge in [-0.1, -0.05) is 54.4 Å². The summed E-state index contributed by atoms with van der Waals surface area (Å²) in [7, 11) is 0. The second-order valence-corrected chi connectivity index (χ2v) is 8.04. The number of nitrogens with zero attached hydrogens (tertiary/aromatic N) is 1. The van der Waals surface area contributed by atoms with Crippen LogP contribution in [0.15, 0.2) is 0 Å². The van der Waals surface area contributed by atoms with Crippen molar-refractivity contribution in [2.24, 2.45) is 11.3 Å². The van der Waals surface area contributed by atoms with Crippen LogP contribution in [0.25, 0.3) is 0 Å². The maximum absolute atomic E-state index is 3.74. The highest BCUT2D eigenvalue weighted by Gasteiger charge is 2.36. The Kier molecular flexibility index (Phi) is 8.26. The summed E-state index contributed by atoms with van der Waals surface area (Å²) in [5.41, 5.74) is 0.530. The van der Waals surface area contributed by atoms with Crippen LogP contribution in [0.2, 0.25) is 0 Å². The van der Waals surface area contributed by atoms with E-state index in [1.807, 2.05) is 0 Å². The van der Waals surface area contributed by atoms with E-state index in [0.29, 0.717) is 11.5 Å². The summed E-state index contributed by atoms with van der Waals surface area (Å²) in [6.07, 6.45) is 8.27. The molecule has 0 amide bonds. The average Bonchev–Trinajstić information content (AvgIpc) is 2.86. The second kappa shape index (κ2) is 9.15. The maximum Gasteiger partial charge on any atom is 0.00903 e. The van der Waals surface area contributed by atoms with Crippen molar-refractivity contribution in [3.63, 3.8) is 0 Å². The Morgan fingerprint density at radius 3 is 2.00 bits per heavy atom. The van der Waals surface area contributed by atoms with E-state index in [1.165, 1.54) is 58.2 Å². The molecule has 1 fully saturated rings. The molecule has 1 rings (SSSR count). The van der Waals surface area contributed by atoms with Gasteiger partial charge < -0.3 is 5.32 Å². The molecule has 1 aliphatic rings. The molecule has 0 radical (unpaired) electrons. The van der Waals surface area contributed by atoms with Crippen LogP contribution in [-0.4, -0.2) is 36.6 Å². The lowest BCUT2D eigenvalue weighted by Gasteiger charge is -2.40. The summed E-state index contributed by atoms with van der Waals surface area (Å²) in [6.45, 7) is 17.8. The van der Waals surface area contributed by atoms with E-state index in [4.69, 9.17) is 0 Å². The molecule has 0 heterocycles. The fraction of sp³-hybridized carbons (Fsp3) is 1.00. The minimum atomic E-state index is 0.530. The van der Waals surface area contributed by atoms with Crippen molar-refractivity contribution in [3.8, 4) is 0 Å². The molecule has 0 aromatic heterocycles. The van der Waals surface area contributed by atoms with Gasteiger partial charge in [-0.05, 0) is 37.0 Å². The molecule has 21 heavy (non-hydrogen) atoms. The normalized spacial score (nSPS) is 18.6. The Hall–Kier alpha value is -0.0800. The Balaban J connectivity index is 2.75. The van der Waals surface area contributed by atoms with Crippen LogP contribution >= 0.6 is 0 Å². The summed E-state index contributed by atoms with van der Waals surface area (Å²) in [6, 6.07) is 1.37. The first kappa shape index (κ1) is 19.0.